The molecule has 3 aromatic carbocycles. The quantitative estimate of drug-likeness (QED) is 0.0654. The summed E-state index contributed by atoms with van der Waals surface area (Å²) in [5, 5.41) is 43.4. The third-order valence-corrected chi connectivity index (χ3v) is 14.4. The number of primary sulfonamides is 1. The van der Waals surface area contributed by atoms with Gasteiger partial charge in [0.2, 0.25) is 10.0 Å². The molecule has 2 unspecified atom stereocenters. The van der Waals surface area contributed by atoms with Gasteiger partial charge in [0.1, 0.15) is 16.4 Å². The lowest BCUT2D eigenvalue weighted by molar-refractivity contribution is -0.127. The van der Waals surface area contributed by atoms with E-state index >= 15 is 0 Å². The number of carbonyl (C=O) groups excluding carboxylic acids is 2. The smallest absolute Gasteiger partial charge is 0.265 e. The number of nitrogens with one attached hydrogen (secondary N) is 4. The number of rotatable bonds is 16. The maximum Gasteiger partial charge on any atom is 0.265 e. The number of aryl methyl sites for hydroxylation is 4. The van der Waals surface area contributed by atoms with E-state index in [1.807, 2.05) is 43.5 Å². The second-order valence-electron chi connectivity index (χ2n) is 19.7. The first-order chi connectivity index (χ1) is 33.1. The van der Waals surface area contributed by atoms with Crippen molar-refractivity contribution in [1.82, 2.24) is 44.9 Å². The predicted molar refractivity (Wildman–Crippen MR) is 270 cm³/mol. The van der Waals surface area contributed by atoms with E-state index in [0.717, 1.165) is 44.9 Å². The number of aromatic amines is 2. The number of sulfone groups is 1. The van der Waals surface area contributed by atoms with Gasteiger partial charge in [-0.15, -0.1) is 20.4 Å². The largest absolute Gasteiger partial charge is 0.481 e. The zero-order valence-corrected chi connectivity index (χ0v) is 43.9. The lowest BCUT2D eigenvalue weighted by atomic mass is 9.93. The van der Waals surface area contributed by atoms with Crippen LogP contribution in [0.4, 0.5) is 5.69 Å². The highest BCUT2D eigenvalue weighted by Crippen LogP contribution is 2.35. The minimum Gasteiger partial charge on any atom is -0.481 e. The molecule has 0 fully saturated rings. The molecule has 0 bridgehead atoms. The SMILES string of the molecule is Cc1cc(C)c(-c2nnc3cc(C(C)(C)C)[nH]n23)c(C)c1NC(=O)C(C)Oc1ccc(S(N)(=O)=O)cc1.Cc1ccc(OC(C)C(=O)NCCO)c(S(=O)(=O)CCCc2nnc3cc(C(C)(C)C)[nH]n23)c1. The van der Waals surface area contributed by atoms with Crippen molar-refractivity contribution in [3.8, 4) is 22.9 Å². The molecule has 22 heteroatoms. The zero-order valence-electron chi connectivity index (χ0n) is 42.3. The van der Waals surface area contributed by atoms with Crippen molar-refractivity contribution in [1.29, 1.82) is 0 Å². The van der Waals surface area contributed by atoms with Gasteiger partial charge in [0.05, 0.1) is 17.3 Å². The molecule has 7 N–H and O–H groups in total. The maximum absolute atomic E-state index is 13.2. The zero-order chi connectivity index (χ0) is 52.4. The van der Waals surface area contributed by atoms with Crippen molar-refractivity contribution < 1.29 is 41.0 Å². The van der Waals surface area contributed by atoms with Crippen LogP contribution in [0.1, 0.15) is 101 Å². The number of carbonyl (C=O) groups is 2. The molecular formula is C49H65N11O9S2. The lowest BCUT2D eigenvalue weighted by Gasteiger charge is -2.20. The van der Waals surface area contributed by atoms with Crippen LogP contribution in [0.25, 0.3) is 22.7 Å². The van der Waals surface area contributed by atoms with Gasteiger partial charge in [-0.05, 0) is 107 Å². The third-order valence-electron chi connectivity index (χ3n) is 11.7. The first kappa shape index (κ1) is 53.7. The van der Waals surface area contributed by atoms with Crippen LogP contribution in [0.5, 0.6) is 11.5 Å². The van der Waals surface area contributed by atoms with E-state index in [0.29, 0.717) is 41.6 Å². The van der Waals surface area contributed by atoms with Crippen molar-refractivity contribution in [2.24, 2.45) is 5.14 Å². The molecular weight excluding hydrogens is 951 g/mol. The number of fused-ring (bicyclic) bond motifs is 2. The summed E-state index contributed by atoms with van der Waals surface area (Å²) >= 11 is 0. The molecule has 0 saturated heterocycles. The van der Waals surface area contributed by atoms with E-state index in [-0.39, 0.29) is 51.2 Å². The standard InChI is InChI=1S/C26H32N6O4S.C23H33N5O5S/c1-14-12-15(2)23(28-25(33)17(4)36-18-8-10-19(11-9-18)37(27,34)35)16(3)22(14)24-30-29-21-13-20(26(5,6)7)31-32(21)24;1-15-8-9-17(33-16(2)22(30)24-10-11-29)18(13-15)34(31,32)12-6-7-20-25-26-21-14-19(23(3,4)5)27-28(20)21/h8-13,17,31H,1-7H3,(H,28,33)(H2,27,34,35);8-9,13-14,16,27,29H,6-7,10-12H2,1-5H3,(H,24,30). The van der Waals surface area contributed by atoms with Crippen LogP contribution < -0.4 is 25.2 Å². The van der Waals surface area contributed by atoms with Crippen LogP contribution in [0.2, 0.25) is 0 Å². The van der Waals surface area contributed by atoms with Gasteiger partial charge in [-0.3, -0.25) is 19.8 Å². The minimum absolute atomic E-state index is 0.0327. The Morgan fingerprint density at radius 2 is 1.35 bits per heavy atom. The van der Waals surface area contributed by atoms with Gasteiger partial charge in [-0.2, -0.15) is 0 Å². The van der Waals surface area contributed by atoms with Crippen LogP contribution in [-0.2, 0) is 46.7 Å². The Kier molecular flexibility index (Phi) is 15.9. The summed E-state index contributed by atoms with van der Waals surface area (Å²) < 4.78 is 64.4. The van der Waals surface area contributed by atoms with E-state index in [1.54, 1.807) is 36.6 Å². The maximum atomic E-state index is 13.2. The molecule has 20 nitrogen and oxygen atoms in total. The van der Waals surface area contributed by atoms with Crippen LogP contribution in [0.3, 0.4) is 0 Å². The highest BCUT2D eigenvalue weighted by atomic mass is 32.2. The Labute approximate surface area is 414 Å². The second-order valence-corrected chi connectivity index (χ2v) is 23.3. The van der Waals surface area contributed by atoms with Crippen molar-refractivity contribution in [3.05, 3.63) is 100 Å². The number of anilines is 1. The molecule has 4 heterocycles. The van der Waals surface area contributed by atoms with Gasteiger partial charge in [0, 0.05) is 58.6 Å². The molecule has 2 atom stereocenters. The normalized spacial score (nSPS) is 13.2. The number of hydrogen-bond acceptors (Lipinski definition) is 13. The van der Waals surface area contributed by atoms with Crippen molar-refractivity contribution in [3.63, 3.8) is 0 Å². The predicted octanol–water partition coefficient (Wildman–Crippen LogP) is 5.95. The van der Waals surface area contributed by atoms with Crippen molar-refractivity contribution in [2.45, 2.75) is 129 Å². The van der Waals surface area contributed by atoms with Gasteiger partial charge in [-0.1, -0.05) is 53.7 Å². The van der Waals surface area contributed by atoms with Crippen LogP contribution in [-0.4, -0.2) is 104 Å². The highest BCUT2D eigenvalue weighted by Gasteiger charge is 2.27. The van der Waals surface area contributed by atoms with E-state index in [4.69, 9.17) is 19.7 Å². The van der Waals surface area contributed by atoms with Gasteiger partial charge in [-0.25, -0.2) is 31.0 Å². The molecule has 0 aliphatic carbocycles. The van der Waals surface area contributed by atoms with Crippen molar-refractivity contribution in [2.75, 3.05) is 24.2 Å². The third kappa shape index (κ3) is 12.7. The molecule has 4 aromatic heterocycles. The van der Waals surface area contributed by atoms with Crippen LogP contribution in [0, 0.1) is 27.7 Å². The topological polar surface area (TPSA) is 283 Å². The first-order valence-electron chi connectivity index (χ1n) is 23.1. The van der Waals surface area contributed by atoms with Crippen LogP contribution in [0.15, 0.2) is 70.5 Å². The molecule has 2 amide bonds. The molecule has 7 aromatic rings. The summed E-state index contributed by atoms with van der Waals surface area (Å²) in [4.78, 5) is 25.2. The summed E-state index contributed by atoms with van der Waals surface area (Å²) in [6.07, 6.45) is -1.00. The number of sulfonamides is 1. The Hall–Kier alpha value is -6.62. The Balaban J connectivity index is 0.000000233. The van der Waals surface area contributed by atoms with Gasteiger partial charge in [0.15, 0.2) is 45.0 Å². The number of aromatic nitrogens is 8. The Bertz CT molecular complexity index is 3290. The fraction of sp³-hybridized carbons (Fsp3) is 0.429. The Morgan fingerprint density at radius 1 is 0.761 bits per heavy atom. The molecule has 0 spiro atoms. The number of aliphatic hydroxyl groups is 1. The second kappa shape index (κ2) is 21.0. The van der Waals surface area contributed by atoms with Gasteiger partial charge >= 0.3 is 0 Å². The lowest BCUT2D eigenvalue weighted by Crippen LogP contribution is -2.37. The molecule has 382 valence electrons. The molecule has 0 aliphatic rings. The summed E-state index contributed by atoms with van der Waals surface area (Å²) in [6, 6.07) is 16.4. The molecule has 7 rings (SSSR count). The molecule has 0 aliphatic heterocycles. The van der Waals surface area contributed by atoms with Crippen LogP contribution >= 0.6 is 0 Å². The fourth-order valence-corrected chi connectivity index (χ4v) is 9.71. The number of amides is 2. The number of nitrogens with zero attached hydrogens (tertiary/aromatic N) is 6. The summed E-state index contributed by atoms with van der Waals surface area (Å²) in [5.41, 5.74) is 8.41. The average Bonchev–Trinajstić information content (AvgIpc) is 4.08. The highest BCUT2D eigenvalue weighted by molar-refractivity contribution is 7.91. The number of benzene rings is 3. The number of ether oxygens (including phenoxy) is 2. The average molecular weight is 1020 g/mol. The summed E-state index contributed by atoms with van der Waals surface area (Å²) in [7, 11) is -7.50. The Morgan fingerprint density at radius 3 is 1.96 bits per heavy atom. The van der Waals surface area contributed by atoms with E-state index < -0.39 is 38.0 Å². The van der Waals surface area contributed by atoms with E-state index in [1.165, 1.54) is 31.2 Å². The number of nitrogens with two attached hydrogens (primary N) is 1. The van der Waals surface area contributed by atoms with E-state index in [9.17, 15) is 26.4 Å². The molecule has 0 saturated carbocycles. The summed E-state index contributed by atoms with van der Waals surface area (Å²) in [6.45, 7) is 23.4. The molecule has 0 radical (unpaired) electrons. The molecule has 71 heavy (non-hydrogen) atoms. The summed E-state index contributed by atoms with van der Waals surface area (Å²) in [5.74, 6) is 0.902. The van der Waals surface area contributed by atoms with E-state index in [2.05, 4.69) is 82.8 Å². The van der Waals surface area contributed by atoms with Crippen molar-refractivity contribution >= 4 is 48.7 Å². The minimum atomic E-state index is -3.81. The number of aliphatic hydroxyl groups excluding tert-OH is 1. The number of H-pyrrole nitrogens is 2. The number of hydrogen-bond donors (Lipinski definition) is 6. The monoisotopic (exact) mass is 1020 g/mol. The van der Waals surface area contributed by atoms with Gasteiger partial charge < -0.3 is 25.2 Å². The fourth-order valence-electron chi connectivity index (χ4n) is 7.67. The first-order valence-corrected chi connectivity index (χ1v) is 26.3. The van der Waals surface area contributed by atoms with Gasteiger partial charge in [0.25, 0.3) is 11.8 Å².